The van der Waals surface area contributed by atoms with Crippen molar-refractivity contribution < 1.29 is 14.3 Å². The molecule has 0 radical (unpaired) electrons. The molecule has 0 aliphatic heterocycles. The molecule has 1 aliphatic rings. The number of methoxy groups -OCH3 is 1. The molecule has 0 amide bonds. The predicted molar refractivity (Wildman–Crippen MR) is 43.5 cm³/mol. The van der Waals surface area contributed by atoms with Gasteiger partial charge in [0.25, 0.3) is 0 Å². The highest BCUT2D eigenvalue weighted by molar-refractivity contribution is 5.91. The van der Waals surface area contributed by atoms with E-state index in [9.17, 15) is 9.59 Å². The fraction of sp³-hybridized carbons (Fsp3) is 0.778. The van der Waals surface area contributed by atoms with E-state index < -0.39 is 5.41 Å². The van der Waals surface area contributed by atoms with Crippen molar-refractivity contribution >= 4 is 11.8 Å². The Labute approximate surface area is 72.1 Å². The van der Waals surface area contributed by atoms with Crippen LogP contribution in [0.25, 0.3) is 0 Å². The fourth-order valence-corrected chi connectivity index (χ4v) is 1.82. The molecule has 1 rings (SSSR count). The zero-order valence-electron chi connectivity index (χ0n) is 7.72. The highest BCUT2D eigenvalue weighted by Crippen LogP contribution is 2.39. The predicted octanol–water partition coefficient (Wildman–Crippen LogP) is 1.16. The highest BCUT2D eigenvalue weighted by Gasteiger charge is 2.45. The van der Waals surface area contributed by atoms with E-state index in [4.69, 9.17) is 0 Å². The third-order valence-electron chi connectivity index (χ3n) is 2.55. The highest BCUT2D eigenvalue weighted by atomic mass is 16.5. The van der Waals surface area contributed by atoms with Gasteiger partial charge in [-0.3, -0.25) is 9.59 Å². The van der Waals surface area contributed by atoms with Gasteiger partial charge in [0.2, 0.25) is 0 Å². The van der Waals surface area contributed by atoms with Gasteiger partial charge in [0, 0.05) is 12.3 Å². The monoisotopic (exact) mass is 170 g/mol. The van der Waals surface area contributed by atoms with Crippen molar-refractivity contribution in [2.45, 2.75) is 26.7 Å². The molecule has 0 heterocycles. The number of Topliss-reactive ketones (excluding diaryl/α,β-unsaturated/α-hetero) is 1. The number of ether oxygens (including phenoxy) is 1. The molecule has 12 heavy (non-hydrogen) atoms. The van der Waals surface area contributed by atoms with Gasteiger partial charge >= 0.3 is 5.97 Å². The van der Waals surface area contributed by atoms with Crippen molar-refractivity contribution in [1.82, 2.24) is 0 Å². The smallest absolute Gasteiger partial charge is 0.311 e. The number of hydrogen-bond donors (Lipinski definition) is 0. The molecule has 0 spiro atoms. The Morgan fingerprint density at radius 2 is 2.25 bits per heavy atom. The van der Waals surface area contributed by atoms with Crippen molar-refractivity contribution in [3.63, 3.8) is 0 Å². The Bertz CT molecular complexity index is 222. The molecule has 3 heteroatoms. The number of hydrogen-bond acceptors (Lipinski definition) is 3. The maximum Gasteiger partial charge on any atom is 0.311 e. The second-order valence-electron chi connectivity index (χ2n) is 3.80. The molecule has 0 aromatic carbocycles. The first-order valence-corrected chi connectivity index (χ1v) is 4.11. The summed E-state index contributed by atoms with van der Waals surface area (Å²) in [7, 11) is 1.36. The average molecular weight is 170 g/mol. The largest absolute Gasteiger partial charge is 0.469 e. The van der Waals surface area contributed by atoms with Crippen molar-refractivity contribution in [3.05, 3.63) is 0 Å². The standard InChI is InChI=1S/C9H14O3/c1-6-4-9(2,5-7(6)10)8(11)12-3/h6H,4-5H2,1-3H3. The third-order valence-corrected chi connectivity index (χ3v) is 2.55. The molecule has 1 saturated carbocycles. The second-order valence-corrected chi connectivity index (χ2v) is 3.80. The van der Waals surface area contributed by atoms with Crippen molar-refractivity contribution in [2.24, 2.45) is 11.3 Å². The number of rotatable bonds is 1. The van der Waals surface area contributed by atoms with Gasteiger partial charge in [-0.2, -0.15) is 0 Å². The van der Waals surface area contributed by atoms with Crippen LogP contribution in [-0.2, 0) is 14.3 Å². The van der Waals surface area contributed by atoms with Crippen LogP contribution in [-0.4, -0.2) is 18.9 Å². The molecule has 0 aromatic heterocycles. The fourth-order valence-electron chi connectivity index (χ4n) is 1.82. The molecule has 0 bridgehead atoms. The number of carbonyl (C=O) groups is 2. The molecule has 68 valence electrons. The van der Waals surface area contributed by atoms with E-state index in [1.54, 1.807) is 6.92 Å². The minimum absolute atomic E-state index is 0.00843. The maximum atomic E-state index is 11.3. The normalized spacial score (nSPS) is 35.2. The van der Waals surface area contributed by atoms with Gasteiger partial charge in [0.1, 0.15) is 5.78 Å². The molecule has 0 N–H and O–H groups in total. The summed E-state index contributed by atoms with van der Waals surface area (Å²) in [6, 6.07) is 0. The third kappa shape index (κ3) is 1.36. The van der Waals surface area contributed by atoms with Crippen LogP contribution < -0.4 is 0 Å². The van der Waals surface area contributed by atoms with Crippen LogP contribution in [0.4, 0.5) is 0 Å². The Morgan fingerprint density at radius 1 is 1.67 bits per heavy atom. The molecule has 0 aromatic rings. The van der Waals surface area contributed by atoms with Crippen LogP contribution in [0.1, 0.15) is 26.7 Å². The van der Waals surface area contributed by atoms with E-state index in [1.807, 2.05) is 6.92 Å². The summed E-state index contributed by atoms with van der Waals surface area (Å²) in [5, 5.41) is 0. The molecule has 2 unspecified atom stereocenters. The van der Waals surface area contributed by atoms with Gasteiger partial charge in [-0.15, -0.1) is 0 Å². The van der Waals surface area contributed by atoms with Crippen molar-refractivity contribution in [3.8, 4) is 0 Å². The van der Waals surface area contributed by atoms with Gasteiger partial charge in [-0.05, 0) is 13.3 Å². The lowest BCUT2D eigenvalue weighted by molar-refractivity contribution is -0.152. The van der Waals surface area contributed by atoms with E-state index in [1.165, 1.54) is 7.11 Å². The van der Waals surface area contributed by atoms with Crippen LogP contribution in [0.5, 0.6) is 0 Å². The topological polar surface area (TPSA) is 43.4 Å². The lowest BCUT2D eigenvalue weighted by atomic mass is 9.88. The van der Waals surface area contributed by atoms with Crippen molar-refractivity contribution in [1.29, 1.82) is 0 Å². The van der Waals surface area contributed by atoms with Crippen LogP contribution in [0.15, 0.2) is 0 Å². The van der Waals surface area contributed by atoms with E-state index in [0.717, 1.165) is 0 Å². The minimum atomic E-state index is -0.564. The summed E-state index contributed by atoms with van der Waals surface area (Å²) >= 11 is 0. The first-order chi connectivity index (χ1) is 5.49. The first-order valence-electron chi connectivity index (χ1n) is 4.11. The zero-order valence-corrected chi connectivity index (χ0v) is 7.72. The molecular formula is C9H14O3. The maximum absolute atomic E-state index is 11.3. The molecule has 1 fully saturated rings. The number of carbonyl (C=O) groups excluding carboxylic acids is 2. The van der Waals surface area contributed by atoms with E-state index in [2.05, 4.69) is 4.74 Å². The van der Waals surface area contributed by atoms with E-state index >= 15 is 0 Å². The lowest BCUT2D eigenvalue weighted by Crippen LogP contribution is -2.26. The van der Waals surface area contributed by atoms with Crippen molar-refractivity contribution in [2.75, 3.05) is 7.11 Å². The van der Waals surface area contributed by atoms with Crippen LogP contribution >= 0.6 is 0 Å². The molecule has 0 saturated heterocycles. The SMILES string of the molecule is COC(=O)C1(C)CC(=O)C(C)C1. The number of ketones is 1. The summed E-state index contributed by atoms with van der Waals surface area (Å²) in [6.07, 6.45) is 0.958. The first kappa shape index (κ1) is 9.23. The molecule has 2 atom stereocenters. The molecule has 3 nitrogen and oxygen atoms in total. The van der Waals surface area contributed by atoms with Gasteiger partial charge in [0.15, 0.2) is 0 Å². The summed E-state index contributed by atoms with van der Waals surface area (Å²) in [5.41, 5.74) is -0.564. The Kier molecular flexibility index (Phi) is 2.22. The zero-order chi connectivity index (χ0) is 9.35. The summed E-state index contributed by atoms with van der Waals surface area (Å²) in [4.78, 5) is 22.5. The quantitative estimate of drug-likeness (QED) is 0.555. The average Bonchev–Trinajstić information content (AvgIpc) is 2.26. The lowest BCUT2D eigenvalue weighted by Gasteiger charge is -2.18. The number of esters is 1. The van der Waals surface area contributed by atoms with Gasteiger partial charge in [0.05, 0.1) is 12.5 Å². The molecule has 1 aliphatic carbocycles. The van der Waals surface area contributed by atoms with E-state index in [0.29, 0.717) is 12.8 Å². The second kappa shape index (κ2) is 2.88. The van der Waals surface area contributed by atoms with Gasteiger partial charge < -0.3 is 4.74 Å². The van der Waals surface area contributed by atoms with Crippen LogP contribution in [0.3, 0.4) is 0 Å². The Balaban J connectivity index is 2.76. The van der Waals surface area contributed by atoms with Gasteiger partial charge in [-0.1, -0.05) is 6.92 Å². The van der Waals surface area contributed by atoms with Crippen LogP contribution in [0.2, 0.25) is 0 Å². The Hall–Kier alpha value is -0.860. The summed E-state index contributed by atoms with van der Waals surface area (Å²) < 4.78 is 4.64. The molecular weight excluding hydrogens is 156 g/mol. The van der Waals surface area contributed by atoms with Gasteiger partial charge in [-0.25, -0.2) is 0 Å². The van der Waals surface area contributed by atoms with E-state index in [-0.39, 0.29) is 17.7 Å². The summed E-state index contributed by atoms with van der Waals surface area (Å²) in [6.45, 7) is 3.65. The Morgan fingerprint density at radius 3 is 2.58 bits per heavy atom. The minimum Gasteiger partial charge on any atom is -0.469 e. The summed E-state index contributed by atoms with van der Waals surface area (Å²) in [5.74, 6) is -0.0859. The van der Waals surface area contributed by atoms with Crippen LogP contribution in [0, 0.1) is 11.3 Å².